The van der Waals surface area contributed by atoms with Crippen molar-refractivity contribution in [2.24, 2.45) is 0 Å². The van der Waals surface area contributed by atoms with Crippen LogP contribution >= 0.6 is 58.0 Å². The molecule has 0 radical (unpaired) electrons. The lowest BCUT2D eigenvalue weighted by Crippen LogP contribution is -2.05. The van der Waals surface area contributed by atoms with Crippen molar-refractivity contribution in [2.75, 3.05) is 0 Å². The summed E-state index contributed by atoms with van der Waals surface area (Å²) in [6.07, 6.45) is 2.70. The van der Waals surface area contributed by atoms with E-state index >= 15 is 0 Å². The first-order valence-electron chi connectivity index (χ1n) is 4.26. The van der Waals surface area contributed by atoms with Crippen molar-refractivity contribution >= 4 is 64.0 Å². The zero-order chi connectivity index (χ0) is 13.2. The second-order valence-corrected chi connectivity index (χ2v) is 4.71. The Balaban J connectivity index is 3.30. The molecule has 0 saturated carbocycles. The highest BCUT2D eigenvalue weighted by molar-refractivity contribution is 6.55. The van der Waals surface area contributed by atoms with E-state index in [1.165, 1.54) is 12.2 Å². The first kappa shape index (κ1) is 14.9. The molecule has 1 aromatic rings. The summed E-state index contributed by atoms with van der Waals surface area (Å²) in [6, 6.07) is 0. The minimum Gasteiger partial charge on any atom is -0.420 e. The molecule has 0 fully saturated rings. The number of halogens is 5. The molecule has 0 aliphatic rings. The van der Waals surface area contributed by atoms with Crippen molar-refractivity contribution in [3.63, 3.8) is 0 Å². The normalized spacial score (nSPS) is 10.9. The Hall–Kier alpha value is -0.120. The summed E-state index contributed by atoms with van der Waals surface area (Å²) in [7, 11) is 0. The molecule has 0 aromatic heterocycles. The van der Waals surface area contributed by atoms with Crippen LogP contribution in [0.5, 0.6) is 5.75 Å². The molecule has 1 aromatic carbocycles. The molecule has 2 nitrogen and oxygen atoms in total. The first-order valence-corrected chi connectivity index (χ1v) is 6.15. The lowest BCUT2D eigenvalue weighted by atomic mass is 10.3. The van der Waals surface area contributed by atoms with Gasteiger partial charge in [-0.1, -0.05) is 64.1 Å². The van der Waals surface area contributed by atoms with Crippen molar-refractivity contribution in [1.29, 1.82) is 0 Å². The highest BCUT2D eigenvalue weighted by Crippen LogP contribution is 2.48. The summed E-state index contributed by atoms with van der Waals surface area (Å²) in [5.74, 6) is -0.762. The van der Waals surface area contributed by atoms with Gasteiger partial charge in [-0.15, -0.1) is 0 Å². The number of hydrogen-bond acceptors (Lipinski definition) is 2. The third-order valence-corrected chi connectivity index (χ3v) is 3.92. The van der Waals surface area contributed by atoms with Crippen molar-refractivity contribution in [1.82, 2.24) is 0 Å². The molecule has 0 atom stereocenters. The summed E-state index contributed by atoms with van der Waals surface area (Å²) in [4.78, 5) is 11.3. The van der Waals surface area contributed by atoms with Crippen LogP contribution in [0.3, 0.4) is 0 Å². The smallest absolute Gasteiger partial charge is 0.335 e. The van der Waals surface area contributed by atoms with Crippen molar-refractivity contribution in [2.45, 2.75) is 6.92 Å². The third kappa shape index (κ3) is 3.21. The maximum atomic E-state index is 11.3. The Morgan fingerprint density at radius 2 is 1.35 bits per heavy atom. The van der Waals surface area contributed by atoms with E-state index in [-0.39, 0.29) is 30.9 Å². The van der Waals surface area contributed by atoms with E-state index in [0.717, 1.165) is 0 Å². The van der Waals surface area contributed by atoms with Crippen LogP contribution in [0.25, 0.3) is 0 Å². The fraction of sp³-hybridized carbons (Fsp3) is 0.100. The fourth-order valence-corrected chi connectivity index (χ4v) is 2.14. The Labute approximate surface area is 123 Å². The lowest BCUT2D eigenvalue weighted by Gasteiger charge is -2.11. The van der Waals surface area contributed by atoms with Crippen LogP contribution in [0, 0.1) is 0 Å². The van der Waals surface area contributed by atoms with Gasteiger partial charge in [0.15, 0.2) is 5.75 Å². The van der Waals surface area contributed by atoms with Gasteiger partial charge in [-0.05, 0) is 6.92 Å². The van der Waals surface area contributed by atoms with Gasteiger partial charge in [-0.3, -0.25) is 0 Å². The average Bonchev–Trinajstić information content (AvgIpc) is 2.30. The Morgan fingerprint density at radius 3 is 1.76 bits per heavy atom. The molecular formula is C10H5Cl5O2. The Morgan fingerprint density at radius 1 is 0.941 bits per heavy atom. The molecule has 0 N–H and O–H groups in total. The van der Waals surface area contributed by atoms with E-state index in [2.05, 4.69) is 0 Å². The van der Waals surface area contributed by atoms with Gasteiger partial charge >= 0.3 is 5.97 Å². The van der Waals surface area contributed by atoms with E-state index in [1.807, 2.05) is 0 Å². The van der Waals surface area contributed by atoms with Crippen molar-refractivity contribution in [3.8, 4) is 5.75 Å². The zero-order valence-electron chi connectivity index (χ0n) is 8.36. The SMILES string of the molecule is CC=CC(=O)Oc1c(Cl)c(Cl)c(Cl)c(Cl)c1Cl. The largest absolute Gasteiger partial charge is 0.420 e. The number of ether oxygens (including phenoxy) is 1. The van der Waals surface area contributed by atoms with Crippen LogP contribution in [0.4, 0.5) is 0 Å². The maximum absolute atomic E-state index is 11.3. The molecule has 92 valence electrons. The van der Waals surface area contributed by atoms with Crippen LogP contribution in [-0.4, -0.2) is 5.97 Å². The van der Waals surface area contributed by atoms with E-state index in [0.29, 0.717) is 0 Å². The summed E-state index contributed by atoms with van der Waals surface area (Å²) in [6.45, 7) is 1.66. The molecule has 0 aliphatic carbocycles. The second-order valence-electron chi connectivity index (χ2n) is 2.82. The number of allylic oxidation sites excluding steroid dienone is 1. The van der Waals surface area contributed by atoms with E-state index in [9.17, 15) is 4.79 Å². The Bertz CT molecular complexity index is 467. The molecule has 0 spiro atoms. The van der Waals surface area contributed by atoms with Gasteiger partial charge in [0.2, 0.25) is 0 Å². The quantitative estimate of drug-likeness (QED) is 0.237. The van der Waals surface area contributed by atoms with E-state index in [4.69, 9.17) is 62.7 Å². The molecule has 0 heterocycles. The number of esters is 1. The topological polar surface area (TPSA) is 26.3 Å². The van der Waals surface area contributed by atoms with Crippen LogP contribution < -0.4 is 4.74 Å². The summed E-state index contributed by atoms with van der Waals surface area (Å²) in [5.41, 5.74) is 0. The second kappa shape index (κ2) is 6.17. The standard InChI is InChI=1S/C10H5Cl5O2/c1-2-3-4(16)17-10-8(14)6(12)5(11)7(13)9(10)15/h2-3H,1H3. The minimum atomic E-state index is -0.647. The average molecular weight is 334 g/mol. The molecule has 0 unspecified atom stereocenters. The van der Waals surface area contributed by atoms with Gasteiger partial charge in [0.25, 0.3) is 0 Å². The number of carbonyl (C=O) groups excluding carboxylic acids is 1. The zero-order valence-corrected chi connectivity index (χ0v) is 12.1. The van der Waals surface area contributed by atoms with Crippen molar-refractivity contribution in [3.05, 3.63) is 37.3 Å². The van der Waals surface area contributed by atoms with Gasteiger partial charge in [-0.25, -0.2) is 4.79 Å². The van der Waals surface area contributed by atoms with E-state index in [1.54, 1.807) is 6.92 Å². The van der Waals surface area contributed by atoms with Crippen LogP contribution in [0.15, 0.2) is 12.2 Å². The molecule has 17 heavy (non-hydrogen) atoms. The van der Waals surface area contributed by atoms with Gasteiger partial charge in [0.1, 0.15) is 10.0 Å². The van der Waals surface area contributed by atoms with Gasteiger partial charge < -0.3 is 4.74 Å². The molecule has 7 heteroatoms. The fourth-order valence-electron chi connectivity index (χ4n) is 0.945. The predicted octanol–water partition coefficient (Wildman–Crippen LogP) is 5.44. The van der Waals surface area contributed by atoms with Crippen LogP contribution in [0.1, 0.15) is 6.92 Å². The molecule has 0 saturated heterocycles. The number of benzene rings is 1. The maximum Gasteiger partial charge on any atom is 0.335 e. The molecule has 0 aliphatic heterocycles. The number of carbonyl (C=O) groups is 1. The lowest BCUT2D eigenvalue weighted by molar-refractivity contribution is -0.128. The summed E-state index contributed by atoms with van der Waals surface area (Å²) < 4.78 is 4.92. The first-order chi connectivity index (χ1) is 7.90. The highest BCUT2D eigenvalue weighted by atomic mass is 35.5. The van der Waals surface area contributed by atoms with Gasteiger partial charge in [0.05, 0.1) is 15.1 Å². The minimum absolute atomic E-state index is 0.00849. The number of rotatable bonds is 2. The van der Waals surface area contributed by atoms with Crippen LogP contribution in [0.2, 0.25) is 25.1 Å². The summed E-state index contributed by atoms with van der Waals surface area (Å²) >= 11 is 29.1. The van der Waals surface area contributed by atoms with Crippen molar-refractivity contribution < 1.29 is 9.53 Å². The number of hydrogen-bond donors (Lipinski definition) is 0. The molecular weight excluding hydrogens is 329 g/mol. The van der Waals surface area contributed by atoms with Crippen LogP contribution in [-0.2, 0) is 4.79 Å². The third-order valence-electron chi connectivity index (χ3n) is 1.67. The highest BCUT2D eigenvalue weighted by Gasteiger charge is 2.21. The molecule has 0 amide bonds. The van der Waals surface area contributed by atoms with Gasteiger partial charge in [-0.2, -0.15) is 0 Å². The summed E-state index contributed by atoms with van der Waals surface area (Å²) in [5, 5.41) is -0.168. The van der Waals surface area contributed by atoms with Gasteiger partial charge in [0, 0.05) is 6.08 Å². The monoisotopic (exact) mass is 332 g/mol. The molecule has 1 rings (SSSR count). The molecule has 0 bridgehead atoms. The Kier molecular flexibility index (Phi) is 5.42. The van der Waals surface area contributed by atoms with E-state index < -0.39 is 5.97 Å². The predicted molar refractivity (Wildman–Crippen MR) is 71.9 cm³/mol.